The molecule has 1 N–H and O–H groups in total. The van der Waals surface area contributed by atoms with Gasteiger partial charge < -0.3 is 19.9 Å². The normalized spacial score (nSPS) is 14.3. The Balaban J connectivity index is 1.51. The maximum absolute atomic E-state index is 12.0. The first-order chi connectivity index (χ1) is 12.8. The number of nitrogens with zero attached hydrogens (tertiary/aromatic N) is 4. The van der Waals surface area contributed by atoms with Crippen molar-refractivity contribution in [2.75, 3.05) is 56.2 Å². The Labute approximate surface area is 154 Å². The minimum absolute atomic E-state index is 0.200. The Hall–Kier alpha value is -2.67. The third kappa shape index (κ3) is 4.70. The predicted octanol–water partition coefficient (Wildman–Crippen LogP) is 1.57. The number of carbonyl (C=O) groups excluding carboxylic acids is 1. The van der Waals surface area contributed by atoms with Gasteiger partial charge in [-0.1, -0.05) is 18.2 Å². The van der Waals surface area contributed by atoms with E-state index in [1.165, 1.54) is 5.69 Å². The number of rotatable bonds is 7. The summed E-state index contributed by atoms with van der Waals surface area (Å²) in [6.45, 7) is 4.83. The van der Waals surface area contributed by atoms with Crippen molar-refractivity contribution in [2.24, 2.45) is 0 Å². The molecule has 3 rings (SSSR count). The van der Waals surface area contributed by atoms with Crippen molar-refractivity contribution in [1.82, 2.24) is 15.5 Å². The van der Waals surface area contributed by atoms with Gasteiger partial charge in [0.15, 0.2) is 11.5 Å². The van der Waals surface area contributed by atoms with Crippen molar-refractivity contribution < 1.29 is 9.53 Å². The Morgan fingerprint density at radius 3 is 2.42 bits per heavy atom. The third-order valence-corrected chi connectivity index (χ3v) is 4.42. The molecule has 26 heavy (non-hydrogen) atoms. The first kappa shape index (κ1) is 18.1. The zero-order chi connectivity index (χ0) is 18.2. The van der Waals surface area contributed by atoms with Crippen molar-refractivity contribution >= 4 is 17.4 Å². The highest BCUT2D eigenvalue weighted by atomic mass is 16.5. The summed E-state index contributed by atoms with van der Waals surface area (Å²) in [6, 6.07) is 14.0. The van der Waals surface area contributed by atoms with Crippen LogP contribution in [0.5, 0.6) is 0 Å². The first-order valence-corrected chi connectivity index (χ1v) is 8.94. The van der Waals surface area contributed by atoms with Crippen LogP contribution >= 0.6 is 0 Å². The fourth-order valence-corrected chi connectivity index (χ4v) is 2.96. The summed E-state index contributed by atoms with van der Waals surface area (Å²) in [5, 5.41) is 11.1. The van der Waals surface area contributed by atoms with Gasteiger partial charge in [-0.05, 0) is 30.7 Å². The lowest BCUT2D eigenvalue weighted by atomic mass is 10.2. The summed E-state index contributed by atoms with van der Waals surface area (Å²) in [5.74, 6) is 0.614. The van der Waals surface area contributed by atoms with E-state index in [0.29, 0.717) is 18.8 Å². The average Bonchev–Trinajstić information content (AvgIpc) is 2.72. The van der Waals surface area contributed by atoms with Gasteiger partial charge in [-0.3, -0.25) is 4.79 Å². The molecule has 1 aliphatic rings. The second-order valence-corrected chi connectivity index (χ2v) is 6.19. The van der Waals surface area contributed by atoms with E-state index >= 15 is 0 Å². The van der Waals surface area contributed by atoms with E-state index in [-0.39, 0.29) is 5.91 Å². The summed E-state index contributed by atoms with van der Waals surface area (Å²) in [6.07, 6.45) is 0.777. The Morgan fingerprint density at radius 2 is 1.77 bits per heavy atom. The summed E-state index contributed by atoms with van der Waals surface area (Å²) in [5.41, 5.74) is 1.59. The second-order valence-electron chi connectivity index (χ2n) is 6.19. The zero-order valence-electron chi connectivity index (χ0n) is 15.1. The van der Waals surface area contributed by atoms with Gasteiger partial charge in [-0.2, -0.15) is 0 Å². The summed E-state index contributed by atoms with van der Waals surface area (Å²) in [4.78, 5) is 16.6. The molecule has 1 aromatic carbocycles. The number of aromatic nitrogens is 2. The molecule has 0 aliphatic carbocycles. The molecule has 0 bridgehead atoms. The van der Waals surface area contributed by atoms with Crippen LogP contribution in [0, 0.1) is 0 Å². The monoisotopic (exact) mass is 355 g/mol. The van der Waals surface area contributed by atoms with Gasteiger partial charge in [0.1, 0.15) is 0 Å². The topological polar surface area (TPSA) is 70.6 Å². The molecule has 1 aromatic heterocycles. The molecule has 1 amide bonds. The summed E-state index contributed by atoms with van der Waals surface area (Å²) in [7, 11) is 1.64. The number of anilines is 2. The van der Waals surface area contributed by atoms with Gasteiger partial charge in [-0.15, -0.1) is 10.2 Å². The van der Waals surface area contributed by atoms with Crippen molar-refractivity contribution in [3.63, 3.8) is 0 Å². The predicted molar refractivity (Wildman–Crippen MR) is 102 cm³/mol. The molecular formula is C19H25N5O2. The number of amides is 1. The van der Waals surface area contributed by atoms with Gasteiger partial charge in [0, 0.05) is 52.1 Å². The molecule has 7 nitrogen and oxygen atoms in total. The summed E-state index contributed by atoms with van der Waals surface area (Å²) < 4.78 is 4.96. The van der Waals surface area contributed by atoms with E-state index in [0.717, 1.165) is 38.4 Å². The van der Waals surface area contributed by atoms with Crippen LogP contribution in [0.25, 0.3) is 0 Å². The zero-order valence-corrected chi connectivity index (χ0v) is 15.1. The van der Waals surface area contributed by atoms with Crippen LogP contribution in [0.1, 0.15) is 16.9 Å². The van der Waals surface area contributed by atoms with Gasteiger partial charge in [0.05, 0.1) is 0 Å². The van der Waals surface area contributed by atoms with Gasteiger partial charge >= 0.3 is 0 Å². The van der Waals surface area contributed by atoms with Crippen molar-refractivity contribution in [1.29, 1.82) is 0 Å². The SMILES string of the molecule is COCCCNC(=O)c1ccc(N2CCN(c3ccccc3)CC2)nn1. The molecule has 0 saturated carbocycles. The van der Waals surface area contributed by atoms with E-state index in [9.17, 15) is 4.79 Å². The number of carbonyl (C=O) groups is 1. The molecule has 1 fully saturated rings. The van der Waals surface area contributed by atoms with E-state index in [4.69, 9.17) is 4.74 Å². The number of ether oxygens (including phenoxy) is 1. The largest absolute Gasteiger partial charge is 0.385 e. The highest BCUT2D eigenvalue weighted by Crippen LogP contribution is 2.18. The highest BCUT2D eigenvalue weighted by molar-refractivity contribution is 5.92. The molecule has 1 saturated heterocycles. The van der Waals surface area contributed by atoms with E-state index in [1.54, 1.807) is 13.2 Å². The van der Waals surface area contributed by atoms with Crippen LogP contribution in [0.15, 0.2) is 42.5 Å². The molecule has 7 heteroatoms. The van der Waals surface area contributed by atoms with Crippen molar-refractivity contribution in [3.8, 4) is 0 Å². The maximum Gasteiger partial charge on any atom is 0.271 e. The smallest absolute Gasteiger partial charge is 0.271 e. The average molecular weight is 355 g/mol. The number of para-hydroxylation sites is 1. The molecule has 138 valence electrons. The molecular weight excluding hydrogens is 330 g/mol. The van der Waals surface area contributed by atoms with Crippen LogP contribution in [0.2, 0.25) is 0 Å². The lowest BCUT2D eigenvalue weighted by Crippen LogP contribution is -2.46. The maximum atomic E-state index is 12.0. The molecule has 1 aliphatic heterocycles. The van der Waals surface area contributed by atoms with Crippen LogP contribution in [0.4, 0.5) is 11.5 Å². The number of hydrogen-bond donors (Lipinski definition) is 1. The van der Waals surface area contributed by atoms with Crippen LogP contribution in [-0.2, 0) is 4.74 Å². The lowest BCUT2D eigenvalue weighted by molar-refractivity contribution is 0.0942. The number of nitrogens with one attached hydrogen (secondary N) is 1. The molecule has 0 spiro atoms. The molecule has 0 atom stereocenters. The minimum atomic E-state index is -0.200. The Morgan fingerprint density at radius 1 is 1.04 bits per heavy atom. The van der Waals surface area contributed by atoms with Gasteiger partial charge in [0.25, 0.3) is 5.91 Å². The first-order valence-electron chi connectivity index (χ1n) is 8.94. The van der Waals surface area contributed by atoms with Gasteiger partial charge in [-0.25, -0.2) is 0 Å². The van der Waals surface area contributed by atoms with E-state index < -0.39 is 0 Å². The fraction of sp³-hybridized carbons (Fsp3) is 0.421. The van der Waals surface area contributed by atoms with Crippen LogP contribution in [0.3, 0.4) is 0 Å². The van der Waals surface area contributed by atoms with E-state index in [1.807, 2.05) is 12.1 Å². The second kappa shape index (κ2) is 9.15. The standard InChI is InChI=1S/C19H25N5O2/c1-26-15-5-10-20-19(25)17-8-9-18(22-21-17)24-13-11-23(12-14-24)16-6-3-2-4-7-16/h2-4,6-9H,5,10-15H2,1H3,(H,20,25). The van der Waals surface area contributed by atoms with Gasteiger partial charge in [0.2, 0.25) is 0 Å². The quantitative estimate of drug-likeness (QED) is 0.760. The minimum Gasteiger partial charge on any atom is -0.385 e. The summed E-state index contributed by atoms with van der Waals surface area (Å²) >= 11 is 0. The Bertz CT molecular complexity index is 685. The van der Waals surface area contributed by atoms with Crippen molar-refractivity contribution in [2.45, 2.75) is 6.42 Å². The number of benzene rings is 1. The van der Waals surface area contributed by atoms with Crippen LogP contribution in [-0.4, -0.2) is 62.5 Å². The van der Waals surface area contributed by atoms with Crippen LogP contribution < -0.4 is 15.1 Å². The number of hydrogen-bond acceptors (Lipinski definition) is 6. The molecule has 0 unspecified atom stereocenters. The third-order valence-electron chi connectivity index (χ3n) is 4.42. The van der Waals surface area contributed by atoms with Crippen molar-refractivity contribution in [3.05, 3.63) is 48.2 Å². The Kier molecular flexibility index (Phi) is 6.38. The number of methoxy groups -OCH3 is 1. The van der Waals surface area contributed by atoms with E-state index in [2.05, 4.69) is 49.6 Å². The highest BCUT2D eigenvalue weighted by Gasteiger charge is 2.19. The molecule has 0 radical (unpaired) electrons. The number of piperazine rings is 1. The molecule has 2 heterocycles. The lowest BCUT2D eigenvalue weighted by Gasteiger charge is -2.36. The molecule has 2 aromatic rings. The fourth-order valence-electron chi connectivity index (χ4n) is 2.96.